The van der Waals surface area contributed by atoms with Gasteiger partial charge >= 0.3 is 0 Å². The average molecular weight is 214 g/mol. The molecule has 3 rings (SSSR count). The quantitative estimate of drug-likeness (QED) is 0.584. The van der Waals surface area contributed by atoms with E-state index in [1.807, 2.05) is 48.5 Å². The zero-order valence-electron chi connectivity index (χ0n) is 8.46. The van der Waals surface area contributed by atoms with Gasteiger partial charge in [-0.1, -0.05) is 36.4 Å². The molecule has 3 heteroatoms. The van der Waals surface area contributed by atoms with Crippen LogP contribution in [0.4, 0.5) is 0 Å². The van der Waals surface area contributed by atoms with Crippen molar-refractivity contribution in [2.24, 2.45) is 0 Å². The molecule has 1 heterocycles. The fraction of sp³-hybridized carbons (Fsp3) is 0.0769. The molecule has 16 heavy (non-hydrogen) atoms. The van der Waals surface area contributed by atoms with Crippen molar-refractivity contribution >= 4 is 0 Å². The highest BCUT2D eigenvalue weighted by atomic mass is 17.1. The first-order chi connectivity index (χ1) is 7.90. The van der Waals surface area contributed by atoms with E-state index < -0.39 is 6.10 Å². The molecule has 0 aliphatic carbocycles. The van der Waals surface area contributed by atoms with Crippen molar-refractivity contribution in [2.45, 2.75) is 6.10 Å². The lowest BCUT2D eigenvalue weighted by Gasteiger charge is -2.25. The molecule has 0 saturated carbocycles. The lowest BCUT2D eigenvalue weighted by molar-refractivity contribution is -0.271. The maximum absolute atomic E-state index is 9.03. The maximum atomic E-state index is 9.03. The molecule has 0 atom stereocenters. The van der Waals surface area contributed by atoms with Crippen molar-refractivity contribution in [2.75, 3.05) is 0 Å². The van der Waals surface area contributed by atoms with E-state index in [9.17, 15) is 0 Å². The average Bonchev–Trinajstić information content (AvgIpc) is 2.36. The van der Waals surface area contributed by atoms with Crippen molar-refractivity contribution < 1.29 is 14.9 Å². The first-order valence-electron chi connectivity index (χ1n) is 5.06. The Bertz CT molecular complexity index is 477. The third-order valence-corrected chi connectivity index (χ3v) is 2.73. The highest BCUT2D eigenvalue weighted by Gasteiger charge is 2.27. The minimum Gasteiger partial charge on any atom is -0.457 e. The fourth-order valence-electron chi connectivity index (χ4n) is 1.98. The molecule has 3 nitrogen and oxygen atoms in total. The largest absolute Gasteiger partial charge is 0.457 e. The molecule has 1 aliphatic heterocycles. The molecular formula is C13H10O3. The van der Waals surface area contributed by atoms with Gasteiger partial charge in [0.15, 0.2) is 0 Å². The van der Waals surface area contributed by atoms with Gasteiger partial charge in [-0.3, -0.25) is 5.26 Å². The van der Waals surface area contributed by atoms with Crippen molar-refractivity contribution in [1.82, 2.24) is 0 Å². The van der Waals surface area contributed by atoms with Crippen LogP contribution in [0, 0.1) is 0 Å². The zero-order chi connectivity index (χ0) is 11.0. The van der Waals surface area contributed by atoms with E-state index in [4.69, 9.17) is 9.99 Å². The van der Waals surface area contributed by atoms with Crippen LogP contribution in [0.2, 0.25) is 0 Å². The van der Waals surface area contributed by atoms with Crippen LogP contribution in [0.15, 0.2) is 48.5 Å². The summed E-state index contributed by atoms with van der Waals surface area (Å²) in [6.45, 7) is 0. The summed E-state index contributed by atoms with van der Waals surface area (Å²) in [5.41, 5.74) is 1.67. The lowest BCUT2D eigenvalue weighted by atomic mass is 9.97. The molecule has 0 radical (unpaired) electrons. The predicted molar refractivity (Wildman–Crippen MR) is 58.5 cm³/mol. The summed E-state index contributed by atoms with van der Waals surface area (Å²) in [6.07, 6.45) is -0.471. The molecular weight excluding hydrogens is 204 g/mol. The van der Waals surface area contributed by atoms with E-state index in [1.54, 1.807) is 0 Å². The number of rotatable bonds is 1. The molecule has 2 aromatic carbocycles. The van der Waals surface area contributed by atoms with Gasteiger partial charge in [0.25, 0.3) is 0 Å². The van der Waals surface area contributed by atoms with E-state index >= 15 is 0 Å². The van der Waals surface area contributed by atoms with E-state index in [-0.39, 0.29) is 0 Å². The van der Waals surface area contributed by atoms with Crippen LogP contribution in [0.1, 0.15) is 17.2 Å². The standard InChI is InChI=1S/C13H10O3/c14-16-13-9-5-1-3-7-11(9)15-12-8-4-2-6-10(12)13/h1-8,13-14H. The van der Waals surface area contributed by atoms with Gasteiger partial charge in [-0.2, -0.15) is 0 Å². The minimum atomic E-state index is -0.471. The van der Waals surface area contributed by atoms with Gasteiger partial charge in [0, 0.05) is 11.1 Å². The monoisotopic (exact) mass is 214 g/mol. The second-order valence-corrected chi connectivity index (χ2v) is 3.66. The summed E-state index contributed by atoms with van der Waals surface area (Å²) < 4.78 is 5.72. The SMILES string of the molecule is OOC1c2ccccc2Oc2ccccc21. The Kier molecular flexibility index (Phi) is 2.13. The van der Waals surface area contributed by atoms with E-state index in [0.29, 0.717) is 0 Å². The Morgan fingerprint density at radius 2 is 1.38 bits per heavy atom. The van der Waals surface area contributed by atoms with Crippen LogP contribution in [-0.4, -0.2) is 5.26 Å². The summed E-state index contributed by atoms with van der Waals surface area (Å²) in [6, 6.07) is 15.0. The highest BCUT2D eigenvalue weighted by molar-refractivity contribution is 5.51. The molecule has 1 N–H and O–H groups in total. The zero-order valence-corrected chi connectivity index (χ0v) is 8.46. The number of para-hydroxylation sites is 2. The summed E-state index contributed by atoms with van der Waals surface area (Å²) in [5.74, 6) is 1.44. The molecule has 0 unspecified atom stereocenters. The van der Waals surface area contributed by atoms with Crippen LogP contribution in [0.3, 0.4) is 0 Å². The third-order valence-electron chi connectivity index (χ3n) is 2.73. The lowest BCUT2D eigenvalue weighted by Crippen LogP contribution is -2.11. The number of benzene rings is 2. The Labute approximate surface area is 92.8 Å². The summed E-state index contributed by atoms with van der Waals surface area (Å²) in [5, 5.41) is 9.03. The van der Waals surface area contributed by atoms with Crippen LogP contribution in [0.5, 0.6) is 11.5 Å². The van der Waals surface area contributed by atoms with Gasteiger partial charge in [-0.15, -0.1) is 0 Å². The number of hydrogen-bond donors (Lipinski definition) is 1. The smallest absolute Gasteiger partial charge is 0.150 e. The van der Waals surface area contributed by atoms with Crippen molar-refractivity contribution in [3.8, 4) is 11.5 Å². The number of ether oxygens (including phenoxy) is 1. The molecule has 0 aromatic heterocycles. The second-order valence-electron chi connectivity index (χ2n) is 3.66. The Morgan fingerprint density at radius 3 is 1.88 bits per heavy atom. The number of fused-ring (bicyclic) bond motifs is 2. The molecule has 80 valence electrons. The van der Waals surface area contributed by atoms with Crippen molar-refractivity contribution in [3.63, 3.8) is 0 Å². The fourth-order valence-corrected chi connectivity index (χ4v) is 1.98. The van der Waals surface area contributed by atoms with Crippen LogP contribution in [0.25, 0.3) is 0 Å². The van der Waals surface area contributed by atoms with Gasteiger partial charge in [-0.25, -0.2) is 4.89 Å². The van der Waals surface area contributed by atoms with Gasteiger partial charge < -0.3 is 4.74 Å². The van der Waals surface area contributed by atoms with Crippen LogP contribution in [-0.2, 0) is 4.89 Å². The second kappa shape index (κ2) is 3.63. The van der Waals surface area contributed by atoms with E-state index in [0.717, 1.165) is 22.6 Å². The Balaban J connectivity index is 2.19. The van der Waals surface area contributed by atoms with Gasteiger partial charge in [-0.05, 0) is 12.1 Å². The Hall–Kier alpha value is -1.84. The van der Waals surface area contributed by atoms with Gasteiger partial charge in [0.05, 0.1) is 0 Å². The summed E-state index contributed by atoms with van der Waals surface area (Å²) >= 11 is 0. The molecule has 0 amide bonds. The Morgan fingerprint density at radius 1 is 0.875 bits per heavy atom. The molecule has 0 spiro atoms. The predicted octanol–water partition coefficient (Wildman–Crippen LogP) is 3.37. The van der Waals surface area contributed by atoms with Crippen molar-refractivity contribution in [1.29, 1.82) is 0 Å². The number of hydrogen-bond acceptors (Lipinski definition) is 3. The van der Waals surface area contributed by atoms with E-state index in [1.165, 1.54) is 0 Å². The maximum Gasteiger partial charge on any atom is 0.150 e. The van der Waals surface area contributed by atoms with E-state index in [2.05, 4.69) is 4.89 Å². The molecule has 2 aromatic rings. The van der Waals surface area contributed by atoms with Gasteiger partial charge in [0.2, 0.25) is 0 Å². The van der Waals surface area contributed by atoms with Crippen LogP contribution < -0.4 is 4.74 Å². The molecule has 0 saturated heterocycles. The minimum absolute atomic E-state index is 0.471. The molecule has 1 aliphatic rings. The summed E-state index contributed by atoms with van der Waals surface area (Å²) in [4.78, 5) is 4.56. The van der Waals surface area contributed by atoms with Gasteiger partial charge in [0.1, 0.15) is 17.6 Å². The normalized spacial score (nSPS) is 13.8. The topological polar surface area (TPSA) is 38.7 Å². The first-order valence-corrected chi connectivity index (χ1v) is 5.06. The first kappa shape index (κ1) is 9.39. The van der Waals surface area contributed by atoms with Crippen LogP contribution >= 0.6 is 0 Å². The van der Waals surface area contributed by atoms with Crippen molar-refractivity contribution in [3.05, 3.63) is 59.7 Å². The third kappa shape index (κ3) is 1.30. The summed E-state index contributed by atoms with van der Waals surface area (Å²) in [7, 11) is 0. The molecule has 0 fully saturated rings. The molecule has 0 bridgehead atoms. The highest BCUT2D eigenvalue weighted by Crippen LogP contribution is 2.43.